The molecule has 0 atom stereocenters. The molecule has 0 fully saturated rings. The fourth-order valence-corrected chi connectivity index (χ4v) is 2.77. The van der Waals surface area contributed by atoms with E-state index in [1.54, 1.807) is 0 Å². The second kappa shape index (κ2) is 8.52. The van der Waals surface area contributed by atoms with Crippen molar-refractivity contribution in [2.75, 3.05) is 6.54 Å². The summed E-state index contributed by atoms with van der Waals surface area (Å²) in [7, 11) is 0. The number of amides is 2. The minimum absolute atomic E-state index is 0.151. The fourth-order valence-electron chi connectivity index (χ4n) is 2.77. The lowest BCUT2D eigenvalue weighted by molar-refractivity contribution is -0.136. The third-order valence-electron chi connectivity index (χ3n) is 4.08. The standard InChI is InChI=1S/C19H25NO2/c1-2-3-4-5-6-7-11-14-20-18(21)15-17(19(20)22)16-12-9-8-10-13-16/h8-10,12-13,15H,2-7,11,14H2,1H3. The lowest BCUT2D eigenvalue weighted by Crippen LogP contribution is -2.31. The van der Waals surface area contributed by atoms with E-state index in [0.29, 0.717) is 12.1 Å². The Morgan fingerprint density at radius 2 is 1.50 bits per heavy atom. The first-order chi connectivity index (χ1) is 10.7. The van der Waals surface area contributed by atoms with Gasteiger partial charge in [0.25, 0.3) is 11.8 Å². The summed E-state index contributed by atoms with van der Waals surface area (Å²) in [6.45, 7) is 2.75. The molecule has 118 valence electrons. The van der Waals surface area contributed by atoms with Gasteiger partial charge < -0.3 is 0 Å². The number of rotatable bonds is 9. The number of unbranched alkanes of at least 4 members (excludes halogenated alkanes) is 6. The zero-order valence-electron chi connectivity index (χ0n) is 13.4. The van der Waals surface area contributed by atoms with Gasteiger partial charge in [-0.2, -0.15) is 0 Å². The molecular weight excluding hydrogens is 274 g/mol. The summed E-state index contributed by atoms with van der Waals surface area (Å²) in [5.74, 6) is -0.322. The number of hydrogen-bond donors (Lipinski definition) is 0. The first-order valence-corrected chi connectivity index (χ1v) is 8.37. The molecule has 0 N–H and O–H groups in total. The van der Waals surface area contributed by atoms with Gasteiger partial charge in [-0.15, -0.1) is 0 Å². The zero-order valence-corrected chi connectivity index (χ0v) is 13.4. The molecule has 0 bridgehead atoms. The van der Waals surface area contributed by atoms with Gasteiger partial charge in [0.15, 0.2) is 0 Å². The van der Waals surface area contributed by atoms with Gasteiger partial charge in [-0.1, -0.05) is 75.8 Å². The molecule has 0 saturated heterocycles. The van der Waals surface area contributed by atoms with Crippen LogP contribution < -0.4 is 0 Å². The van der Waals surface area contributed by atoms with Gasteiger partial charge in [-0.3, -0.25) is 14.5 Å². The average molecular weight is 299 g/mol. The van der Waals surface area contributed by atoms with Crippen LogP contribution in [0.1, 0.15) is 57.4 Å². The van der Waals surface area contributed by atoms with E-state index in [9.17, 15) is 9.59 Å². The second-order valence-electron chi connectivity index (χ2n) is 5.84. The molecule has 1 aromatic rings. The summed E-state index contributed by atoms with van der Waals surface area (Å²) < 4.78 is 0. The molecular formula is C19H25NO2. The molecule has 2 amide bonds. The average Bonchev–Trinajstić information content (AvgIpc) is 2.82. The minimum Gasteiger partial charge on any atom is -0.275 e. The molecule has 3 nitrogen and oxygen atoms in total. The number of hydrogen-bond acceptors (Lipinski definition) is 2. The number of imide groups is 1. The molecule has 1 aliphatic heterocycles. The Labute approximate surface area is 133 Å². The molecule has 0 aliphatic carbocycles. The largest absolute Gasteiger partial charge is 0.275 e. The highest BCUT2D eigenvalue weighted by Crippen LogP contribution is 2.23. The molecule has 0 radical (unpaired) electrons. The maximum Gasteiger partial charge on any atom is 0.261 e. The van der Waals surface area contributed by atoms with Gasteiger partial charge in [0.05, 0.1) is 5.57 Å². The van der Waals surface area contributed by atoms with Crippen molar-refractivity contribution < 1.29 is 9.59 Å². The van der Waals surface area contributed by atoms with Crippen LogP contribution >= 0.6 is 0 Å². The van der Waals surface area contributed by atoms with Crippen molar-refractivity contribution in [2.24, 2.45) is 0 Å². The van der Waals surface area contributed by atoms with Crippen molar-refractivity contribution >= 4 is 17.4 Å². The number of carbonyl (C=O) groups excluding carboxylic acids is 2. The van der Waals surface area contributed by atoms with Crippen LogP contribution in [-0.4, -0.2) is 23.3 Å². The molecule has 0 spiro atoms. The van der Waals surface area contributed by atoms with Gasteiger partial charge in [0.2, 0.25) is 0 Å². The molecule has 0 saturated carbocycles. The van der Waals surface area contributed by atoms with Crippen LogP contribution in [0.3, 0.4) is 0 Å². The number of benzene rings is 1. The molecule has 3 heteroatoms. The topological polar surface area (TPSA) is 37.4 Å². The third kappa shape index (κ3) is 4.30. The lowest BCUT2D eigenvalue weighted by atomic mass is 10.1. The normalized spacial score (nSPS) is 14.6. The Morgan fingerprint density at radius 3 is 2.18 bits per heavy atom. The van der Waals surface area contributed by atoms with Crippen molar-refractivity contribution in [3.63, 3.8) is 0 Å². The molecule has 2 rings (SSSR count). The first-order valence-electron chi connectivity index (χ1n) is 8.37. The summed E-state index contributed by atoms with van der Waals surface area (Å²) in [5.41, 5.74) is 1.34. The minimum atomic E-state index is -0.171. The van der Waals surface area contributed by atoms with E-state index in [2.05, 4.69) is 6.92 Å². The van der Waals surface area contributed by atoms with E-state index in [4.69, 9.17) is 0 Å². The van der Waals surface area contributed by atoms with E-state index < -0.39 is 0 Å². The summed E-state index contributed by atoms with van der Waals surface area (Å²) in [4.78, 5) is 25.7. The Kier molecular flexibility index (Phi) is 6.38. The maximum atomic E-state index is 12.4. The number of carbonyl (C=O) groups is 2. The summed E-state index contributed by atoms with van der Waals surface area (Å²) in [5, 5.41) is 0. The van der Waals surface area contributed by atoms with Crippen LogP contribution in [0.4, 0.5) is 0 Å². The van der Waals surface area contributed by atoms with Crippen molar-refractivity contribution in [3.05, 3.63) is 42.0 Å². The van der Waals surface area contributed by atoms with E-state index >= 15 is 0 Å². The lowest BCUT2D eigenvalue weighted by Gasteiger charge is -2.14. The van der Waals surface area contributed by atoms with Gasteiger partial charge in [0.1, 0.15) is 0 Å². The molecule has 0 aromatic heterocycles. The maximum absolute atomic E-state index is 12.4. The third-order valence-corrected chi connectivity index (χ3v) is 4.08. The van der Waals surface area contributed by atoms with Crippen molar-refractivity contribution in [2.45, 2.75) is 51.9 Å². The van der Waals surface area contributed by atoms with E-state index in [1.165, 1.54) is 43.1 Å². The molecule has 0 unspecified atom stereocenters. The van der Waals surface area contributed by atoms with Gasteiger partial charge >= 0.3 is 0 Å². The highest BCUT2D eigenvalue weighted by molar-refractivity contribution is 6.33. The van der Waals surface area contributed by atoms with Crippen molar-refractivity contribution in [1.29, 1.82) is 0 Å². The van der Waals surface area contributed by atoms with Crippen molar-refractivity contribution in [1.82, 2.24) is 4.90 Å². The Balaban J connectivity index is 1.78. The molecule has 1 aliphatic rings. The van der Waals surface area contributed by atoms with Crippen LogP contribution in [0.5, 0.6) is 0 Å². The van der Waals surface area contributed by atoms with Crippen molar-refractivity contribution in [3.8, 4) is 0 Å². The molecule has 1 aromatic carbocycles. The highest BCUT2D eigenvalue weighted by Gasteiger charge is 2.30. The van der Waals surface area contributed by atoms with Gasteiger partial charge in [0, 0.05) is 12.6 Å². The SMILES string of the molecule is CCCCCCCCCN1C(=O)C=C(c2ccccc2)C1=O. The second-order valence-corrected chi connectivity index (χ2v) is 5.84. The Hall–Kier alpha value is -1.90. The molecule has 22 heavy (non-hydrogen) atoms. The van der Waals surface area contributed by atoms with E-state index in [1.807, 2.05) is 30.3 Å². The van der Waals surface area contributed by atoms with E-state index in [-0.39, 0.29) is 11.8 Å². The van der Waals surface area contributed by atoms with Crippen LogP contribution in [0, 0.1) is 0 Å². The quantitative estimate of drug-likeness (QED) is 0.506. The van der Waals surface area contributed by atoms with Gasteiger partial charge in [-0.05, 0) is 12.0 Å². The smallest absolute Gasteiger partial charge is 0.261 e. The van der Waals surface area contributed by atoms with Crippen LogP contribution in [0.2, 0.25) is 0 Å². The highest BCUT2D eigenvalue weighted by atomic mass is 16.2. The summed E-state index contributed by atoms with van der Waals surface area (Å²) in [6.07, 6.45) is 9.74. The predicted octanol–water partition coefficient (Wildman–Crippen LogP) is 4.19. The zero-order chi connectivity index (χ0) is 15.8. The van der Waals surface area contributed by atoms with Crippen LogP contribution in [-0.2, 0) is 9.59 Å². The monoisotopic (exact) mass is 299 g/mol. The predicted molar refractivity (Wildman–Crippen MR) is 89.1 cm³/mol. The van der Waals surface area contributed by atoms with E-state index in [0.717, 1.165) is 18.4 Å². The van der Waals surface area contributed by atoms with Crippen LogP contribution in [0.15, 0.2) is 36.4 Å². The molecule has 1 heterocycles. The number of nitrogens with zero attached hydrogens (tertiary/aromatic N) is 1. The van der Waals surface area contributed by atoms with Crippen LogP contribution in [0.25, 0.3) is 5.57 Å². The fraction of sp³-hybridized carbons (Fsp3) is 0.474. The Bertz CT molecular complexity index is 534. The summed E-state index contributed by atoms with van der Waals surface area (Å²) >= 11 is 0. The Morgan fingerprint density at radius 1 is 0.864 bits per heavy atom. The summed E-state index contributed by atoms with van der Waals surface area (Å²) in [6, 6.07) is 9.41. The first kappa shape index (κ1) is 16.5. The van der Waals surface area contributed by atoms with Gasteiger partial charge in [-0.25, -0.2) is 0 Å².